The van der Waals surface area contributed by atoms with Crippen LogP contribution in [0.15, 0.2) is 29.3 Å². The molecule has 0 amide bonds. The predicted octanol–water partition coefficient (Wildman–Crippen LogP) is 2.35. The molecule has 1 aromatic carbocycles. The zero-order chi connectivity index (χ0) is 14.2. The maximum atomic E-state index is 5.24. The lowest BCUT2D eigenvalue weighted by atomic mass is 10.1. The molecule has 4 nitrogen and oxygen atoms in total. The summed E-state index contributed by atoms with van der Waals surface area (Å²) in [4.78, 5) is 4.29. The largest absolute Gasteiger partial charge is 0.497 e. The molecule has 0 saturated heterocycles. The summed E-state index contributed by atoms with van der Waals surface area (Å²) in [5, 5.41) is 6.87. The summed E-state index contributed by atoms with van der Waals surface area (Å²) < 4.78 is 5.24. The van der Waals surface area contributed by atoms with E-state index in [1.807, 2.05) is 19.2 Å². The number of ether oxygens (including phenoxy) is 1. The second kappa shape index (κ2) is 7.78. The molecule has 0 bridgehead atoms. The number of hydrogen-bond acceptors (Lipinski definition) is 2. The number of nitrogens with zero attached hydrogens (tertiary/aromatic N) is 1. The Morgan fingerprint density at radius 3 is 2.85 bits per heavy atom. The van der Waals surface area contributed by atoms with Crippen LogP contribution in [-0.4, -0.2) is 32.7 Å². The molecule has 0 heterocycles. The van der Waals surface area contributed by atoms with Crippen LogP contribution in [0, 0.1) is 0 Å². The predicted molar refractivity (Wildman–Crippen MR) is 83.5 cm³/mol. The second-order valence-corrected chi connectivity index (χ2v) is 5.23. The van der Waals surface area contributed by atoms with Crippen LogP contribution in [0.3, 0.4) is 0 Å². The summed E-state index contributed by atoms with van der Waals surface area (Å²) in [5.74, 6) is 1.83. The van der Waals surface area contributed by atoms with E-state index in [9.17, 15) is 0 Å². The Morgan fingerprint density at radius 2 is 2.15 bits per heavy atom. The highest BCUT2D eigenvalue weighted by molar-refractivity contribution is 5.79. The number of aliphatic imine (C=N–C) groups is 1. The molecule has 0 atom stereocenters. The van der Waals surface area contributed by atoms with Crippen LogP contribution < -0.4 is 15.4 Å². The molecule has 1 aromatic rings. The maximum Gasteiger partial charge on any atom is 0.191 e. The van der Waals surface area contributed by atoms with Crippen molar-refractivity contribution in [3.63, 3.8) is 0 Å². The second-order valence-electron chi connectivity index (χ2n) is 5.23. The Kier molecular flexibility index (Phi) is 5.71. The van der Waals surface area contributed by atoms with E-state index in [0.29, 0.717) is 6.04 Å². The van der Waals surface area contributed by atoms with E-state index < -0.39 is 0 Å². The molecular formula is C16H25N3O. The normalized spacial score (nSPS) is 16.2. The first-order chi connectivity index (χ1) is 9.81. The lowest BCUT2D eigenvalue weighted by Gasteiger charge is -2.16. The van der Waals surface area contributed by atoms with Gasteiger partial charge in [0.05, 0.1) is 7.11 Å². The first-order valence-corrected chi connectivity index (χ1v) is 7.42. The van der Waals surface area contributed by atoms with Crippen LogP contribution in [0.25, 0.3) is 0 Å². The van der Waals surface area contributed by atoms with Gasteiger partial charge in [-0.05, 0) is 37.0 Å². The van der Waals surface area contributed by atoms with Crippen molar-refractivity contribution in [2.24, 2.45) is 4.99 Å². The van der Waals surface area contributed by atoms with Crippen LogP contribution in [0.4, 0.5) is 0 Å². The van der Waals surface area contributed by atoms with Gasteiger partial charge in [0.1, 0.15) is 5.75 Å². The molecule has 1 fully saturated rings. The summed E-state index contributed by atoms with van der Waals surface area (Å²) in [5.41, 5.74) is 1.27. The first-order valence-electron chi connectivity index (χ1n) is 7.42. The van der Waals surface area contributed by atoms with Crippen molar-refractivity contribution in [1.29, 1.82) is 0 Å². The highest BCUT2D eigenvalue weighted by Gasteiger charge is 2.15. The zero-order valence-electron chi connectivity index (χ0n) is 12.5. The van der Waals surface area contributed by atoms with E-state index in [1.54, 1.807) is 7.11 Å². The standard InChI is InChI=1S/C16H25N3O/c1-17-16(19-14-7-3-4-8-14)18-11-10-13-6-5-9-15(12-13)20-2/h5-6,9,12,14H,3-4,7-8,10-11H2,1-2H3,(H2,17,18,19). The molecule has 2 N–H and O–H groups in total. The van der Waals surface area contributed by atoms with E-state index >= 15 is 0 Å². The lowest BCUT2D eigenvalue weighted by Crippen LogP contribution is -2.42. The number of nitrogens with one attached hydrogen (secondary N) is 2. The van der Waals surface area contributed by atoms with Gasteiger partial charge in [-0.15, -0.1) is 0 Å². The van der Waals surface area contributed by atoms with Gasteiger partial charge in [0.15, 0.2) is 5.96 Å². The molecule has 0 unspecified atom stereocenters. The number of methoxy groups -OCH3 is 1. The number of rotatable bonds is 5. The SMILES string of the molecule is CN=C(NCCc1cccc(OC)c1)NC1CCCC1. The quantitative estimate of drug-likeness (QED) is 0.640. The van der Waals surface area contributed by atoms with Crippen LogP contribution in [0.1, 0.15) is 31.2 Å². The van der Waals surface area contributed by atoms with E-state index in [2.05, 4.69) is 27.8 Å². The highest BCUT2D eigenvalue weighted by Crippen LogP contribution is 2.17. The Labute approximate surface area is 121 Å². The minimum Gasteiger partial charge on any atom is -0.497 e. The van der Waals surface area contributed by atoms with Crippen LogP contribution in [0.5, 0.6) is 5.75 Å². The minimum absolute atomic E-state index is 0.595. The van der Waals surface area contributed by atoms with Gasteiger partial charge in [0.2, 0.25) is 0 Å². The molecule has 110 valence electrons. The molecule has 1 saturated carbocycles. The van der Waals surface area contributed by atoms with E-state index in [4.69, 9.17) is 4.74 Å². The lowest BCUT2D eigenvalue weighted by molar-refractivity contribution is 0.414. The van der Waals surface area contributed by atoms with E-state index in [-0.39, 0.29) is 0 Å². The minimum atomic E-state index is 0.595. The molecule has 2 rings (SSSR count). The van der Waals surface area contributed by atoms with Crippen LogP contribution in [-0.2, 0) is 6.42 Å². The van der Waals surface area contributed by atoms with Gasteiger partial charge >= 0.3 is 0 Å². The zero-order valence-corrected chi connectivity index (χ0v) is 12.5. The van der Waals surface area contributed by atoms with Crippen molar-refractivity contribution >= 4 is 5.96 Å². The average Bonchev–Trinajstić information content (AvgIpc) is 2.99. The Hall–Kier alpha value is -1.71. The van der Waals surface area contributed by atoms with Crippen molar-refractivity contribution in [2.45, 2.75) is 38.1 Å². The fraction of sp³-hybridized carbons (Fsp3) is 0.562. The summed E-state index contributed by atoms with van der Waals surface area (Å²) >= 11 is 0. The van der Waals surface area contributed by atoms with Crippen LogP contribution >= 0.6 is 0 Å². The number of guanidine groups is 1. The van der Waals surface area contributed by atoms with Gasteiger partial charge in [-0.1, -0.05) is 25.0 Å². The van der Waals surface area contributed by atoms with Crippen molar-refractivity contribution in [1.82, 2.24) is 10.6 Å². The van der Waals surface area contributed by atoms with Crippen molar-refractivity contribution in [3.8, 4) is 5.75 Å². The molecule has 0 spiro atoms. The topological polar surface area (TPSA) is 45.7 Å². The molecule has 4 heteroatoms. The molecule has 1 aliphatic carbocycles. The summed E-state index contributed by atoms with van der Waals surface area (Å²) in [7, 11) is 3.53. The third kappa shape index (κ3) is 4.44. The fourth-order valence-electron chi connectivity index (χ4n) is 2.61. The molecule has 0 radical (unpaired) electrons. The van der Waals surface area contributed by atoms with E-state index in [0.717, 1.165) is 24.7 Å². The van der Waals surface area contributed by atoms with Gasteiger partial charge in [-0.2, -0.15) is 0 Å². The molecule has 1 aliphatic rings. The smallest absolute Gasteiger partial charge is 0.191 e. The van der Waals surface area contributed by atoms with Crippen molar-refractivity contribution < 1.29 is 4.74 Å². The first kappa shape index (κ1) is 14.7. The monoisotopic (exact) mass is 275 g/mol. The Bertz CT molecular complexity index is 439. The molecular weight excluding hydrogens is 250 g/mol. The highest BCUT2D eigenvalue weighted by atomic mass is 16.5. The van der Waals surface area contributed by atoms with Gasteiger partial charge in [0, 0.05) is 19.6 Å². The average molecular weight is 275 g/mol. The van der Waals surface area contributed by atoms with Gasteiger partial charge < -0.3 is 15.4 Å². The molecule has 20 heavy (non-hydrogen) atoms. The van der Waals surface area contributed by atoms with Crippen molar-refractivity contribution in [2.75, 3.05) is 20.7 Å². The van der Waals surface area contributed by atoms with Gasteiger partial charge in [0.25, 0.3) is 0 Å². The fourth-order valence-corrected chi connectivity index (χ4v) is 2.61. The Balaban J connectivity index is 1.75. The van der Waals surface area contributed by atoms with E-state index in [1.165, 1.54) is 31.2 Å². The molecule has 0 aliphatic heterocycles. The number of hydrogen-bond donors (Lipinski definition) is 2. The van der Waals surface area contributed by atoms with Gasteiger partial charge in [-0.3, -0.25) is 4.99 Å². The molecule has 0 aromatic heterocycles. The third-order valence-electron chi connectivity index (χ3n) is 3.76. The van der Waals surface area contributed by atoms with Crippen LogP contribution in [0.2, 0.25) is 0 Å². The number of benzene rings is 1. The Morgan fingerprint density at radius 1 is 1.35 bits per heavy atom. The summed E-state index contributed by atoms with van der Waals surface area (Å²) in [6.07, 6.45) is 6.15. The van der Waals surface area contributed by atoms with Crippen molar-refractivity contribution in [3.05, 3.63) is 29.8 Å². The summed E-state index contributed by atoms with van der Waals surface area (Å²) in [6.45, 7) is 0.875. The summed E-state index contributed by atoms with van der Waals surface area (Å²) in [6, 6.07) is 8.79. The van der Waals surface area contributed by atoms with Gasteiger partial charge in [-0.25, -0.2) is 0 Å². The third-order valence-corrected chi connectivity index (χ3v) is 3.76. The maximum absolute atomic E-state index is 5.24.